The number of carbonyl (C=O) groups is 1. The van der Waals surface area contributed by atoms with E-state index in [1.165, 1.54) is 24.3 Å². The van der Waals surface area contributed by atoms with E-state index in [4.69, 9.17) is 5.11 Å². The van der Waals surface area contributed by atoms with Gasteiger partial charge in [0.25, 0.3) is 15.9 Å². The number of aliphatic hydroxyl groups is 3. The zero-order valence-electron chi connectivity index (χ0n) is 13.5. The zero-order valence-corrected chi connectivity index (χ0v) is 15.1. The van der Waals surface area contributed by atoms with Crippen LogP contribution in [0.3, 0.4) is 0 Å². The average molecular weight is 400 g/mol. The molecule has 2 aromatic rings. The Morgan fingerprint density at radius 2 is 1.96 bits per heavy atom. The Hall–Kier alpha value is -2.12. The fraction of sp³-hybridized carbons (Fsp3) is 0.357. The van der Waals surface area contributed by atoms with Crippen molar-refractivity contribution in [1.82, 2.24) is 10.2 Å². The van der Waals surface area contributed by atoms with Gasteiger partial charge >= 0.3 is 0 Å². The predicted molar refractivity (Wildman–Crippen MR) is 92.3 cm³/mol. The molecule has 12 heteroatoms. The Kier molecular flexibility index (Phi) is 4.94. The van der Waals surface area contributed by atoms with Crippen LogP contribution in [0.25, 0.3) is 0 Å². The predicted octanol–water partition coefficient (Wildman–Crippen LogP) is -0.923. The van der Waals surface area contributed by atoms with Gasteiger partial charge < -0.3 is 20.2 Å². The molecule has 2 unspecified atom stereocenters. The summed E-state index contributed by atoms with van der Waals surface area (Å²) >= 11 is 1.09. The molecule has 26 heavy (non-hydrogen) atoms. The lowest BCUT2D eigenvalue weighted by atomic mass is 9.92. The molecule has 1 aliphatic rings. The third-order valence-electron chi connectivity index (χ3n) is 3.87. The van der Waals surface area contributed by atoms with E-state index < -0.39 is 40.8 Å². The molecule has 2 heterocycles. The van der Waals surface area contributed by atoms with Gasteiger partial charge in [0.15, 0.2) is 6.10 Å². The minimum Gasteiger partial charge on any atom is -0.394 e. The number of benzene rings is 1. The Morgan fingerprint density at radius 1 is 1.31 bits per heavy atom. The summed E-state index contributed by atoms with van der Waals surface area (Å²) in [6, 6.07) is 4.33. The van der Waals surface area contributed by atoms with Crippen LogP contribution in [0.5, 0.6) is 0 Å². The minimum absolute atomic E-state index is 0.0538. The van der Waals surface area contributed by atoms with Crippen molar-refractivity contribution in [3.8, 4) is 0 Å². The van der Waals surface area contributed by atoms with Crippen molar-refractivity contribution < 1.29 is 28.5 Å². The van der Waals surface area contributed by atoms with E-state index in [-0.39, 0.29) is 10.0 Å². The fourth-order valence-electron chi connectivity index (χ4n) is 2.58. The van der Waals surface area contributed by atoms with E-state index in [0.29, 0.717) is 10.7 Å². The molecule has 1 saturated heterocycles. The lowest BCUT2D eigenvalue weighted by Gasteiger charge is -2.46. The number of aliphatic hydroxyl groups excluding tert-OH is 3. The molecule has 10 nitrogen and oxygen atoms in total. The van der Waals surface area contributed by atoms with Gasteiger partial charge in [-0.25, -0.2) is 8.42 Å². The number of aryl methyl sites for hydroxylation is 1. The smallest absolute Gasteiger partial charge is 0.263 e. The summed E-state index contributed by atoms with van der Waals surface area (Å²) in [6.07, 6.45) is -2.73. The first-order valence-corrected chi connectivity index (χ1v) is 9.77. The largest absolute Gasteiger partial charge is 0.394 e. The second kappa shape index (κ2) is 6.89. The number of aromatic nitrogens is 2. The van der Waals surface area contributed by atoms with Crippen molar-refractivity contribution in [2.24, 2.45) is 0 Å². The summed E-state index contributed by atoms with van der Waals surface area (Å²) in [6.45, 7) is 1.07. The third-order valence-corrected chi connectivity index (χ3v) is 6.10. The number of hydrogen-bond donors (Lipinski definition) is 4. The van der Waals surface area contributed by atoms with Crippen LogP contribution in [-0.2, 0) is 14.8 Å². The molecular formula is C14H16N4O6S2. The number of nitrogens with one attached hydrogen (secondary N) is 1. The Labute approximate surface area is 152 Å². The van der Waals surface area contributed by atoms with Crippen LogP contribution >= 0.6 is 11.3 Å². The number of amides is 1. The van der Waals surface area contributed by atoms with Crippen LogP contribution in [0.2, 0.25) is 0 Å². The maximum Gasteiger partial charge on any atom is 0.263 e. The summed E-state index contributed by atoms with van der Waals surface area (Å²) < 4.78 is 27.0. The number of carbonyl (C=O) groups excluding carboxylic acids is 1. The molecule has 140 valence electrons. The molecule has 1 amide bonds. The minimum atomic E-state index is -3.87. The van der Waals surface area contributed by atoms with Gasteiger partial charge in [0.05, 0.1) is 11.5 Å². The topological polar surface area (TPSA) is 153 Å². The van der Waals surface area contributed by atoms with Gasteiger partial charge in [-0.2, -0.15) is 0 Å². The monoisotopic (exact) mass is 400 g/mol. The molecular weight excluding hydrogens is 384 g/mol. The van der Waals surface area contributed by atoms with Gasteiger partial charge in [0.1, 0.15) is 17.2 Å². The molecule has 0 aliphatic carbocycles. The molecule has 1 aromatic heterocycles. The number of sulfonamides is 1. The highest BCUT2D eigenvalue weighted by Crippen LogP contribution is 2.31. The first-order chi connectivity index (χ1) is 12.2. The first-order valence-electron chi connectivity index (χ1n) is 7.47. The molecule has 1 aliphatic heterocycles. The van der Waals surface area contributed by atoms with E-state index >= 15 is 0 Å². The van der Waals surface area contributed by atoms with Gasteiger partial charge in [0, 0.05) is 5.69 Å². The number of hydrogen-bond acceptors (Lipinski definition) is 9. The van der Waals surface area contributed by atoms with E-state index in [0.717, 1.165) is 16.2 Å². The molecule has 3 atom stereocenters. The van der Waals surface area contributed by atoms with Crippen LogP contribution < -0.4 is 9.62 Å². The summed E-state index contributed by atoms with van der Waals surface area (Å²) in [5.74, 6) is -0.638. The van der Waals surface area contributed by atoms with Gasteiger partial charge in [-0.05, 0) is 31.2 Å². The maximum atomic E-state index is 12.3. The molecule has 0 saturated carbocycles. The number of anilines is 2. The molecule has 1 fully saturated rings. The lowest BCUT2D eigenvalue weighted by Crippen LogP contribution is -2.70. The number of nitrogens with zero attached hydrogens (tertiary/aromatic N) is 3. The fourth-order valence-corrected chi connectivity index (χ4v) is 4.40. The summed E-state index contributed by atoms with van der Waals surface area (Å²) in [5, 5.41) is 36.6. The van der Waals surface area contributed by atoms with E-state index in [9.17, 15) is 23.4 Å². The normalized spacial score (nSPS) is 21.4. The number of rotatable bonds is 6. The molecule has 0 spiro atoms. The lowest BCUT2D eigenvalue weighted by molar-refractivity contribution is -0.142. The highest BCUT2D eigenvalue weighted by Gasteiger charge is 2.50. The summed E-state index contributed by atoms with van der Waals surface area (Å²) in [5.41, 5.74) is 0.295. The third kappa shape index (κ3) is 3.29. The Balaban J connectivity index is 1.81. The van der Waals surface area contributed by atoms with E-state index in [1.54, 1.807) is 6.92 Å². The maximum absolute atomic E-state index is 12.3. The van der Waals surface area contributed by atoms with Gasteiger partial charge in [-0.1, -0.05) is 11.3 Å². The van der Waals surface area contributed by atoms with Crippen LogP contribution in [0, 0.1) is 6.92 Å². The quantitative estimate of drug-likeness (QED) is 0.454. The molecule has 4 N–H and O–H groups in total. The standard InChI is InChI=1S/C14H16N4O6S2/c1-7-15-16-14(25-7)17-26(23,24)9-4-2-8(3-5-9)18-11(10(20)6-19)12(21)13(18)22/h2-5,10-12,19-21H,6H2,1H3,(H,16,17)/t10-,11?,12?/m1/s1. The van der Waals surface area contributed by atoms with E-state index in [2.05, 4.69) is 14.9 Å². The van der Waals surface area contributed by atoms with Gasteiger partial charge in [-0.3, -0.25) is 9.52 Å². The summed E-state index contributed by atoms with van der Waals surface area (Å²) in [7, 11) is -3.87. The second-order valence-corrected chi connectivity index (χ2v) is 8.48. The van der Waals surface area contributed by atoms with Crippen molar-refractivity contribution >= 4 is 38.1 Å². The molecule has 3 rings (SSSR count). The van der Waals surface area contributed by atoms with Crippen molar-refractivity contribution in [3.05, 3.63) is 29.3 Å². The highest BCUT2D eigenvalue weighted by molar-refractivity contribution is 7.93. The van der Waals surface area contributed by atoms with Crippen molar-refractivity contribution in [2.45, 2.75) is 30.1 Å². The first kappa shape index (κ1) is 18.7. The van der Waals surface area contributed by atoms with Crippen molar-refractivity contribution in [1.29, 1.82) is 0 Å². The molecule has 0 bridgehead atoms. The van der Waals surface area contributed by atoms with Crippen LogP contribution in [-0.4, -0.2) is 64.7 Å². The van der Waals surface area contributed by atoms with Crippen LogP contribution in [0.1, 0.15) is 5.01 Å². The summed E-state index contributed by atoms with van der Waals surface area (Å²) in [4.78, 5) is 12.9. The molecule has 0 radical (unpaired) electrons. The highest BCUT2D eigenvalue weighted by atomic mass is 32.2. The van der Waals surface area contributed by atoms with Gasteiger partial charge in [0.2, 0.25) is 5.13 Å². The zero-order chi connectivity index (χ0) is 19.1. The SMILES string of the molecule is Cc1nnc(NS(=O)(=O)c2ccc(N3C(=O)C(O)C3[C@H](O)CO)cc2)s1. The van der Waals surface area contributed by atoms with Crippen molar-refractivity contribution in [2.75, 3.05) is 16.2 Å². The molecule has 1 aromatic carbocycles. The second-order valence-electron chi connectivity index (χ2n) is 5.62. The van der Waals surface area contributed by atoms with E-state index in [1.807, 2.05) is 0 Å². The Morgan fingerprint density at radius 3 is 2.50 bits per heavy atom. The van der Waals surface area contributed by atoms with Crippen molar-refractivity contribution in [3.63, 3.8) is 0 Å². The van der Waals surface area contributed by atoms with Crippen LogP contribution in [0.15, 0.2) is 29.2 Å². The number of β-lactam (4-membered cyclic amide) rings is 1. The van der Waals surface area contributed by atoms with Gasteiger partial charge in [-0.15, -0.1) is 10.2 Å². The van der Waals surface area contributed by atoms with Crippen LogP contribution in [0.4, 0.5) is 10.8 Å². The average Bonchev–Trinajstić information content (AvgIpc) is 3.02. The Bertz CT molecular complexity index is 914.